The number of carbonyl (C=O) groups is 2. The maximum atomic E-state index is 10.3. The normalized spacial score (nSPS) is 24.4. The van der Waals surface area contributed by atoms with Crippen LogP contribution in [0.2, 0.25) is 0 Å². The number of rotatable bonds is 0. The maximum absolute atomic E-state index is 10.3. The SMILES string of the molecule is NC(=O)S1(C(N)=O)NO1. The Kier molecular flexibility index (Phi) is 1.12. The summed E-state index contributed by atoms with van der Waals surface area (Å²) in [6.45, 7) is 0. The van der Waals surface area contributed by atoms with Crippen LogP contribution in [0.25, 0.3) is 0 Å². The number of hydrogen-bond acceptors (Lipinski definition) is 4. The molecule has 6 nitrogen and oxygen atoms in total. The first-order valence-electron chi connectivity index (χ1n) is 1.97. The van der Waals surface area contributed by atoms with E-state index >= 15 is 0 Å². The second-order valence-electron chi connectivity index (χ2n) is 1.36. The summed E-state index contributed by atoms with van der Waals surface area (Å²) >= 11 is 0. The maximum Gasteiger partial charge on any atom is 0.307 e. The largest absolute Gasteiger partial charge is 0.359 e. The summed E-state index contributed by atoms with van der Waals surface area (Å²) in [5.74, 6) is 0. The summed E-state index contributed by atoms with van der Waals surface area (Å²) in [5.41, 5.74) is 9.49. The monoisotopic (exact) mass is 151 g/mol. The molecule has 1 saturated heterocycles. The van der Waals surface area contributed by atoms with Crippen LogP contribution in [0.5, 0.6) is 0 Å². The van der Waals surface area contributed by atoms with Crippen LogP contribution in [-0.4, -0.2) is 10.5 Å². The summed E-state index contributed by atoms with van der Waals surface area (Å²) in [6.07, 6.45) is 0. The molecule has 0 atom stereocenters. The van der Waals surface area contributed by atoms with Crippen molar-refractivity contribution in [2.24, 2.45) is 11.5 Å². The van der Waals surface area contributed by atoms with E-state index < -0.39 is 21.0 Å². The van der Waals surface area contributed by atoms with Crippen molar-refractivity contribution in [3.05, 3.63) is 0 Å². The second-order valence-corrected chi connectivity index (χ2v) is 3.61. The fourth-order valence-corrected chi connectivity index (χ4v) is 1.10. The highest BCUT2D eigenvalue weighted by Gasteiger charge is 2.52. The molecule has 1 heterocycles. The Morgan fingerprint density at radius 2 is 1.67 bits per heavy atom. The van der Waals surface area contributed by atoms with Crippen molar-refractivity contribution in [3.8, 4) is 0 Å². The van der Waals surface area contributed by atoms with E-state index in [0.29, 0.717) is 0 Å². The van der Waals surface area contributed by atoms with Gasteiger partial charge in [-0.1, -0.05) is 0 Å². The van der Waals surface area contributed by atoms with Gasteiger partial charge in [-0.05, 0) is 0 Å². The lowest BCUT2D eigenvalue weighted by molar-refractivity contribution is 0.262. The topological polar surface area (TPSA) is 121 Å². The lowest BCUT2D eigenvalue weighted by Crippen LogP contribution is -2.23. The van der Waals surface area contributed by atoms with Crippen molar-refractivity contribution >= 4 is 21.0 Å². The van der Waals surface area contributed by atoms with Crippen molar-refractivity contribution in [3.63, 3.8) is 0 Å². The predicted octanol–water partition coefficient (Wildman–Crippen LogP) is -0.687. The number of nitrogens with one attached hydrogen (secondary N) is 1. The van der Waals surface area contributed by atoms with Crippen LogP contribution in [0, 0.1) is 0 Å². The Balaban J connectivity index is 2.75. The number of primary amides is 2. The fraction of sp³-hybridized carbons (Fsp3) is 0. The standard InChI is InChI=1S/C2H5N3O3S/c3-1(6)9(2(4)7)5-8-9/h5H,(H2,3,6)(H2,4,7). The highest BCUT2D eigenvalue weighted by atomic mass is 32.3. The molecule has 1 aliphatic heterocycles. The van der Waals surface area contributed by atoms with E-state index in [1.54, 1.807) is 0 Å². The molecule has 0 unspecified atom stereocenters. The zero-order chi connectivity index (χ0) is 7.07. The lowest BCUT2D eigenvalue weighted by atomic mass is 11.4. The van der Waals surface area contributed by atoms with Gasteiger partial charge in [-0.2, -0.15) is 0 Å². The van der Waals surface area contributed by atoms with Gasteiger partial charge in [0.25, 0.3) is 0 Å². The van der Waals surface area contributed by atoms with Crippen LogP contribution in [0.15, 0.2) is 0 Å². The smallest absolute Gasteiger partial charge is 0.307 e. The van der Waals surface area contributed by atoms with Gasteiger partial charge in [0, 0.05) is 0 Å². The molecule has 1 fully saturated rings. The Labute approximate surface area is 52.1 Å². The van der Waals surface area contributed by atoms with E-state index in [-0.39, 0.29) is 0 Å². The highest BCUT2D eigenvalue weighted by Crippen LogP contribution is 2.56. The van der Waals surface area contributed by atoms with Crippen LogP contribution in [0.1, 0.15) is 0 Å². The average molecular weight is 151 g/mol. The van der Waals surface area contributed by atoms with E-state index in [4.69, 9.17) is 11.5 Å². The average Bonchev–Trinajstić information content (AvgIpc) is 2.40. The summed E-state index contributed by atoms with van der Waals surface area (Å²) in [4.78, 5) is 22.7. The zero-order valence-electron chi connectivity index (χ0n) is 4.29. The van der Waals surface area contributed by atoms with Gasteiger partial charge in [0.05, 0.1) is 0 Å². The molecule has 1 aliphatic rings. The first-order valence-corrected chi connectivity index (χ1v) is 3.53. The molecule has 0 saturated carbocycles. The fourth-order valence-electron chi connectivity index (χ4n) is 0.297. The van der Waals surface area contributed by atoms with Crippen LogP contribution >= 0.6 is 10.5 Å². The minimum absolute atomic E-state index is 0.838. The summed E-state index contributed by atoms with van der Waals surface area (Å²) in [6, 6.07) is 0. The molecule has 0 aromatic rings. The number of carbonyl (C=O) groups excluding carboxylic acids is 2. The highest BCUT2D eigenvalue weighted by molar-refractivity contribution is 8.54. The molecule has 1 rings (SSSR count). The van der Waals surface area contributed by atoms with Crippen LogP contribution in [0.3, 0.4) is 0 Å². The Bertz CT molecular complexity index is 160. The third-order valence-electron chi connectivity index (χ3n) is 0.817. The lowest BCUT2D eigenvalue weighted by Gasteiger charge is -2.00. The minimum atomic E-state index is -2.54. The first-order chi connectivity index (χ1) is 4.09. The first kappa shape index (κ1) is 6.33. The second kappa shape index (κ2) is 1.59. The molecule has 5 N–H and O–H groups in total. The molecule has 0 bridgehead atoms. The Hall–Kier alpha value is -0.790. The number of nitrogens with two attached hydrogens (primary N) is 2. The quantitative estimate of drug-likeness (QED) is 0.397. The van der Waals surface area contributed by atoms with Crippen molar-refractivity contribution in [2.45, 2.75) is 0 Å². The van der Waals surface area contributed by atoms with Crippen molar-refractivity contribution in [2.75, 3.05) is 0 Å². The van der Waals surface area contributed by atoms with Crippen LogP contribution in [-0.2, 0) is 4.28 Å². The van der Waals surface area contributed by atoms with Gasteiger partial charge in [0.15, 0.2) is 0 Å². The summed E-state index contributed by atoms with van der Waals surface area (Å²) in [5, 5.41) is -1.68. The third-order valence-corrected chi connectivity index (χ3v) is 2.45. The molecule has 0 aliphatic carbocycles. The van der Waals surface area contributed by atoms with E-state index in [1.165, 1.54) is 0 Å². The van der Waals surface area contributed by atoms with E-state index in [9.17, 15) is 9.59 Å². The Morgan fingerprint density at radius 1 is 1.33 bits per heavy atom. The van der Waals surface area contributed by atoms with Gasteiger partial charge < -0.3 is 11.5 Å². The van der Waals surface area contributed by atoms with Gasteiger partial charge in [0.1, 0.15) is 10.5 Å². The zero-order valence-corrected chi connectivity index (χ0v) is 5.10. The van der Waals surface area contributed by atoms with Gasteiger partial charge in [-0.3, -0.25) is 9.59 Å². The van der Waals surface area contributed by atoms with Crippen molar-refractivity contribution in [1.29, 1.82) is 0 Å². The number of amides is 2. The van der Waals surface area contributed by atoms with E-state index in [2.05, 4.69) is 9.17 Å². The van der Waals surface area contributed by atoms with Crippen LogP contribution < -0.4 is 16.4 Å². The molecule has 0 spiro atoms. The number of hydrogen-bond donors (Lipinski definition) is 3. The molecule has 52 valence electrons. The molecule has 7 heteroatoms. The molecule has 2 amide bonds. The molecular weight excluding hydrogens is 146 g/mol. The molecule has 0 aromatic carbocycles. The Morgan fingerprint density at radius 3 is 1.67 bits per heavy atom. The summed E-state index contributed by atoms with van der Waals surface area (Å²) in [7, 11) is -2.54. The van der Waals surface area contributed by atoms with Crippen molar-refractivity contribution in [1.82, 2.24) is 4.89 Å². The third kappa shape index (κ3) is 0.745. The molecular formula is C2H5N3O3S. The molecule has 0 radical (unpaired) electrons. The van der Waals surface area contributed by atoms with Gasteiger partial charge in [-0.15, -0.1) is 4.89 Å². The van der Waals surface area contributed by atoms with E-state index in [0.717, 1.165) is 0 Å². The molecule has 0 aromatic heterocycles. The van der Waals surface area contributed by atoms with Gasteiger partial charge >= 0.3 is 10.5 Å². The van der Waals surface area contributed by atoms with E-state index in [1.807, 2.05) is 0 Å². The molecule has 9 heavy (non-hydrogen) atoms. The minimum Gasteiger partial charge on any atom is -0.359 e. The summed E-state index contributed by atoms with van der Waals surface area (Å²) < 4.78 is 4.30. The van der Waals surface area contributed by atoms with Crippen LogP contribution in [0.4, 0.5) is 9.59 Å². The van der Waals surface area contributed by atoms with Gasteiger partial charge in [0.2, 0.25) is 0 Å². The van der Waals surface area contributed by atoms with Gasteiger partial charge in [-0.25, -0.2) is 4.28 Å². The predicted molar refractivity (Wildman–Crippen MR) is 31.0 cm³/mol. The van der Waals surface area contributed by atoms with Crippen molar-refractivity contribution < 1.29 is 13.9 Å².